The first kappa shape index (κ1) is 66.4. The van der Waals surface area contributed by atoms with Crippen LogP contribution in [0.2, 0.25) is 0 Å². The molecule has 0 aromatic heterocycles. The van der Waals surface area contributed by atoms with Crippen LogP contribution in [0.5, 0.6) is 0 Å². The molecule has 8 N–H and O–H groups in total. The van der Waals surface area contributed by atoms with E-state index >= 15 is 0 Å². The van der Waals surface area contributed by atoms with Gasteiger partial charge in [-0.15, -0.1) is 0 Å². The summed E-state index contributed by atoms with van der Waals surface area (Å²) in [5.74, 6) is -3.67. The highest BCUT2D eigenvalue weighted by atomic mass is 16.5. The molecule has 4 atom stereocenters. The second kappa shape index (κ2) is 40.4. The van der Waals surface area contributed by atoms with Gasteiger partial charge in [0.15, 0.2) is 0 Å². The van der Waals surface area contributed by atoms with Crippen LogP contribution in [0.1, 0.15) is 142 Å². The summed E-state index contributed by atoms with van der Waals surface area (Å²) in [6.07, 6.45) is 1.56. The molecule has 0 spiro atoms. The smallest absolute Gasteiger partial charge is 0.303 e. The van der Waals surface area contributed by atoms with Crippen LogP contribution in [0.15, 0.2) is 0 Å². The van der Waals surface area contributed by atoms with Gasteiger partial charge in [0, 0.05) is 38.5 Å². The molecule has 0 aromatic rings. The number of rotatable bonds is 20. The molecule has 1 rings (SSSR count). The van der Waals surface area contributed by atoms with Crippen molar-refractivity contribution in [3.05, 3.63) is 0 Å². The average molecular weight is 892 g/mol. The Balaban J connectivity index is -0.000000507. The highest BCUT2D eigenvalue weighted by Crippen LogP contribution is 2.26. The minimum Gasteiger partial charge on any atom is -0.481 e. The molecule has 1 aliphatic heterocycles. The largest absolute Gasteiger partial charge is 0.481 e. The summed E-state index contributed by atoms with van der Waals surface area (Å²) in [5, 5.41) is 32.0. The highest BCUT2D eigenvalue weighted by Gasteiger charge is 2.36. The molecular weight excluding hydrogens is 807 g/mol. The van der Waals surface area contributed by atoms with Crippen LogP contribution in [0, 0.1) is 11.3 Å². The molecule has 0 radical (unpaired) electrons. The van der Waals surface area contributed by atoms with E-state index in [1.54, 1.807) is 13.8 Å². The van der Waals surface area contributed by atoms with E-state index in [1.165, 1.54) is 18.9 Å². The number of nitrogens with zero attached hydrogens (tertiary/aromatic N) is 1. The Labute approximate surface area is 371 Å². The SMILES string of the molecule is CC.CC.CC(C)C.CCC(=O)O.CCC(C)(CCOC(C)C)C(=O)NCC(=O)N1CCCC1C(=O)NCC(=O)NC(C(=O)NCC(=O)NCC(=O)NC)C(C)O.CCC(C)=O. The summed E-state index contributed by atoms with van der Waals surface area (Å²) in [6.45, 7) is 27.4. The van der Waals surface area contributed by atoms with Gasteiger partial charge in [0.2, 0.25) is 41.4 Å². The van der Waals surface area contributed by atoms with E-state index in [0.29, 0.717) is 45.3 Å². The number of ketones is 1. The Bertz CT molecular complexity index is 1290. The number of hydrogen-bond donors (Lipinski definition) is 8. The second-order valence-corrected chi connectivity index (χ2v) is 14.7. The summed E-state index contributed by atoms with van der Waals surface area (Å²) >= 11 is 0. The number of amides is 7. The van der Waals surface area contributed by atoms with Crippen molar-refractivity contribution in [1.29, 1.82) is 0 Å². The molecule has 62 heavy (non-hydrogen) atoms. The topological polar surface area (TPSA) is 279 Å². The van der Waals surface area contributed by atoms with E-state index in [4.69, 9.17) is 9.84 Å². The Morgan fingerprint density at radius 1 is 0.758 bits per heavy atom. The van der Waals surface area contributed by atoms with E-state index in [1.807, 2.05) is 62.3 Å². The molecule has 1 saturated heterocycles. The fourth-order valence-electron chi connectivity index (χ4n) is 4.30. The third kappa shape index (κ3) is 36.0. The van der Waals surface area contributed by atoms with Crippen molar-refractivity contribution in [1.82, 2.24) is 36.8 Å². The average Bonchev–Trinajstić information content (AvgIpc) is 3.73. The summed E-state index contributed by atoms with van der Waals surface area (Å²) in [4.78, 5) is 107. The van der Waals surface area contributed by atoms with Gasteiger partial charge in [0.05, 0.1) is 38.4 Å². The van der Waals surface area contributed by atoms with Crippen LogP contribution >= 0.6 is 0 Å². The molecule has 4 unspecified atom stereocenters. The summed E-state index contributed by atoms with van der Waals surface area (Å²) < 4.78 is 5.57. The number of hydrogen-bond acceptors (Lipinski definition) is 11. The third-order valence-corrected chi connectivity index (χ3v) is 8.16. The van der Waals surface area contributed by atoms with E-state index in [9.17, 15) is 48.3 Å². The zero-order chi connectivity index (χ0) is 49.6. The van der Waals surface area contributed by atoms with Crippen LogP contribution in [-0.4, -0.2) is 139 Å². The number of Topliss-reactive ketones (excluding diaryl/α,β-unsaturated/α-hetero) is 1. The fraction of sp³-hybridized carbons (Fsp3) is 0.791. The van der Waals surface area contributed by atoms with Crippen molar-refractivity contribution in [3.8, 4) is 0 Å². The number of nitrogens with one attached hydrogen (secondary N) is 6. The van der Waals surface area contributed by atoms with Gasteiger partial charge < -0.3 is 56.5 Å². The van der Waals surface area contributed by atoms with E-state index in [-0.39, 0.29) is 37.3 Å². The summed E-state index contributed by atoms with van der Waals surface area (Å²) in [7, 11) is 1.40. The Kier molecular flexibility index (Phi) is 43.3. The van der Waals surface area contributed by atoms with E-state index in [2.05, 4.69) is 52.7 Å². The molecule has 19 heteroatoms. The predicted octanol–water partition coefficient (Wildman–Crippen LogP) is 2.47. The summed E-state index contributed by atoms with van der Waals surface area (Å²) in [5.41, 5.74) is -0.718. The second-order valence-electron chi connectivity index (χ2n) is 14.7. The number of likely N-dealkylation sites (tertiary alicyclic amines) is 1. The number of aliphatic hydroxyl groups is 1. The molecule has 0 saturated carbocycles. The molecular formula is C43H85N7O12. The molecule has 364 valence electrons. The number of ether oxygens (including phenoxy) is 1. The third-order valence-electron chi connectivity index (χ3n) is 8.16. The van der Waals surface area contributed by atoms with E-state index < -0.39 is 78.1 Å². The van der Waals surface area contributed by atoms with Crippen LogP contribution < -0.4 is 31.9 Å². The lowest BCUT2D eigenvalue weighted by Crippen LogP contribution is -2.56. The van der Waals surface area contributed by atoms with Gasteiger partial charge >= 0.3 is 5.97 Å². The first-order valence-corrected chi connectivity index (χ1v) is 21.8. The van der Waals surface area contributed by atoms with Crippen LogP contribution in [0.3, 0.4) is 0 Å². The molecule has 7 amide bonds. The first-order chi connectivity index (χ1) is 28.9. The van der Waals surface area contributed by atoms with Crippen LogP contribution in [0.25, 0.3) is 0 Å². The lowest BCUT2D eigenvalue weighted by Gasteiger charge is -2.28. The lowest BCUT2D eigenvalue weighted by molar-refractivity contribution is -0.140. The predicted molar refractivity (Wildman–Crippen MR) is 241 cm³/mol. The number of aliphatic hydroxyl groups excluding tert-OH is 1. The quantitative estimate of drug-likeness (QED) is 0.0876. The number of carbonyl (C=O) groups excluding carboxylic acids is 8. The summed E-state index contributed by atoms with van der Waals surface area (Å²) in [6, 6.07) is -2.27. The molecule has 19 nitrogen and oxygen atoms in total. The fourth-order valence-corrected chi connectivity index (χ4v) is 4.30. The zero-order valence-electron chi connectivity index (χ0n) is 40.8. The van der Waals surface area contributed by atoms with Crippen molar-refractivity contribution < 1.29 is 58.1 Å². The highest BCUT2D eigenvalue weighted by molar-refractivity contribution is 5.95. The van der Waals surface area contributed by atoms with Gasteiger partial charge in [-0.3, -0.25) is 38.4 Å². The van der Waals surface area contributed by atoms with Gasteiger partial charge in [-0.05, 0) is 59.3 Å². The van der Waals surface area contributed by atoms with Crippen LogP contribution in [0.4, 0.5) is 0 Å². The first-order valence-electron chi connectivity index (χ1n) is 21.8. The Morgan fingerprint density at radius 2 is 1.24 bits per heavy atom. The van der Waals surface area contributed by atoms with Gasteiger partial charge in [-0.25, -0.2) is 0 Å². The van der Waals surface area contributed by atoms with Crippen molar-refractivity contribution in [2.24, 2.45) is 11.3 Å². The minimum atomic E-state index is -1.43. The Hall–Kier alpha value is -4.65. The standard InChI is InChI=1S/C28H49N7O9.C4H8O.C4H10.C3H6O2.2C2H6/c1-7-28(5,10-12-44-17(2)3)27(43)33-16-23(40)35-11-8-9-19(35)25(41)31-15-22(39)34-24(18(4)36)26(42)32-14-21(38)30-13-20(37)29-6;1-3-4(2)5;1-4(2)3;1-2-3(4)5;2*1-2/h17-19,24,36H,7-16H2,1-6H3,(H,29,37)(H,30,38)(H,31,41)(H,32,42)(H,33,43)(H,34,39);3H2,1-2H3;4H,1-3H3;2H2,1H3,(H,4,5);2*1-2H3. The number of carbonyl (C=O) groups is 9. The zero-order valence-corrected chi connectivity index (χ0v) is 40.8. The van der Waals surface area contributed by atoms with Gasteiger partial charge in [-0.2, -0.15) is 0 Å². The van der Waals surface area contributed by atoms with Gasteiger partial charge in [0.25, 0.3) is 0 Å². The van der Waals surface area contributed by atoms with Crippen molar-refractivity contribution in [2.75, 3.05) is 46.4 Å². The molecule has 1 aliphatic rings. The van der Waals surface area contributed by atoms with Gasteiger partial charge in [0.1, 0.15) is 17.9 Å². The van der Waals surface area contributed by atoms with Crippen molar-refractivity contribution in [2.45, 2.75) is 167 Å². The van der Waals surface area contributed by atoms with Crippen LogP contribution in [-0.2, 0) is 47.9 Å². The molecule has 0 aliphatic carbocycles. The Morgan fingerprint density at radius 3 is 1.66 bits per heavy atom. The number of carboxylic acids is 1. The molecule has 0 aromatic carbocycles. The minimum absolute atomic E-state index is 0.0389. The normalized spacial score (nSPS) is 14.1. The molecule has 0 bridgehead atoms. The number of aliphatic carboxylic acids is 1. The molecule has 1 fully saturated rings. The molecule has 1 heterocycles. The maximum atomic E-state index is 12.9. The number of carboxylic acid groups (broad SMARTS) is 1. The number of likely N-dealkylation sites (N-methyl/N-ethyl adjacent to an activating group) is 1. The van der Waals surface area contributed by atoms with Crippen molar-refractivity contribution >= 4 is 53.1 Å². The maximum Gasteiger partial charge on any atom is 0.303 e. The monoisotopic (exact) mass is 892 g/mol. The maximum absolute atomic E-state index is 12.9. The van der Waals surface area contributed by atoms with Gasteiger partial charge in [-0.1, -0.05) is 76.2 Å². The van der Waals surface area contributed by atoms with Crippen molar-refractivity contribution in [3.63, 3.8) is 0 Å². The lowest BCUT2D eigenvalue weighted by atomic mass is 9.83. The van der Waals surface area contributed by atoms with E-state index in [0.717, 1.165) is 5.92 Å².